The van der Waals surface area contributed by atoms with Gasteiger partial charge in [-0.1, -0.05) is 164 Å². The zero-order valence-electron chi connectivity index (χ0n) is 28.8. The van der Waals surface area contributed by atoms with Crippen LogP contribution in [0.3, 0.4) is 0 Å². The monoisotopic (exact) mass is 676 g/mol. The first-order chi connectivity index (χ1) is 26.2. The van der Waals surface area contributed by atoms with Gasteiger partial charge in [-0.25, -0.2) is 9.97 Å². The molecule has 0 atom stereocenters. The van der Waals surface area contributed by atoms with Crippen molar-refractivity contribution < 1.29 is 4.42 Å². The Bertz CT molecular complexity index is 2910. The second-order valence-corrected chi connectivity index (χ2v) is 13.4. The van der Waals surface area contributed by atoms with Crippen LogP contribution in [0, 0.1) is 0 Å². The van der Waals surface area contributed by atoms with Crippen LogP contribution in [0.5, 0.6) is 0 Å². The topological polar surface area (TPSA) is 38.9 Å². The summed E-state index contributed by atoms with van der Waals surface area (Å²) in [5.41, 5.74) is 13.4. The first kappa shape index (κ1) is 30.7. The minimum Gasteiger partial charge on any atom is -0.456 e. The lowest BCUT2D eigenvalue weighted by atomic mass is 9.97. The molecule has 0 radical (unpaired) electrons. The maximum atomic E-state index is 6.54. The Balaban J connectivity index is 1.04. The van der Waals surface area contributed by atoms with E-state index in [2.05, 4.69) is 158 Å². The third-order valence-corrected chi connectivity index (χ3v) is 10.1. The molecule has 0 fully saturated rings. The van der Waals surface area contributed by atoms with Gasteiger partial charge in [-0.15, -0.1) is 0 Å². The van der Waals surface area contributed by atoms with Crippen molar-refractivity contribution in [2.75, 3.05) is 0 Å². The van der Waals surface area contributed by atoms with Gasteiger partial charge < -0.3 is 4.42 Å². The summed E-state index contributed by atoms with van der Waals surface area (Å²) >= 11 is 0. The molecule has 0 saturated heterocycles. The summed E-state index contributed by atoms with van der Waals surface area (Å²) in [6, 6.07) is 68.0. The normalized spacial score (nSPS) is 11.4. The molecule has 0 aliphatic rings. The summed E-state index contributed by atoms with van der Waals surface area (Å²) in [7, 11) is 0. The summed E-state index contributed by atoms with van der Waals surface area (Å²) in [5, 5.41) is 4.54. The molecule has 2 aromatic heterocycles. The fourth-order valence-electron chi connectivity index (χ4n) is 7.35. The number of benzene rings is 8. The van der Waals surface area contributed by atoms with Gasteiger partial charge in [0.25, 0.3) is 0 Å². The second kappa shape index (κ2) is 12.9. The predicted molar refractivity (Wildman–Crippen MR) is 219 cm³/mol. The minimum absolute atomic E-state index is 0.662. The number of fused-ring (bicyclic) bond motifs is 4. The summed E-state index contributed by atoms with van der Waals surface area (Å²) < 4.78 is 6.54. The van der Waals surface area contributed by atoms with Crippen LogP contribution < -0.4 is 0 Å². The van der Waals surface area contributed by atoms with Crippen LogP contribution in [0.25, 0.3) is 100.0 Å². The SMILES string of the molecule is c1ccc(-c2ccc(-c3cc(-c4ccccc4)nc(-c4cccc5oc6cc(-c7ccc(-c8ccc9ccccc9c8)cc7)ccc6c45)n3)cc2)cc1. The lowest BCUT2D eigenvalue weighted by Gasteiger charge is -2.11. The van der Waals surface area contributed by atoms with Crippen LogP contribution in [0.4, 0.5) is 0 Å². The molecule has 53 heavy (non-hydrogen) atoms. The maximum Gasteiger partial charge on any atom is 0.161 e. The average Bonchev–Trinajstić information content (AvgIpc) is 3.62. The lowest BCUT2D eigenvalue weighted by Crippen LogP contribution is -1.96. The van der Waals surface area contributed by atoms with Gasteiger partial charge >= 0.3 is 0 Å². The van der Waals surface area contributed by atoms with Gasteiger partial charge in [0.05, 0.1) is 11.4 Å². The molecule has 0 aliphatic carbocycles. The lowest BCUT2D eigenvalue weighted by molar-refractivity contribution is 0.669. The van der Waals surface area contributed by atoms with E-state index in [1.165, 1.54) is 33.0 Å². The zero-order valence-corrected chi connectivity index (χ0v) is 28.8. The Morgan fingerprint density at radius 3 is 1.53 bits per heavy atom. The van der Waals surface area contributed by atoms with Crippen molar-refractivity contribution in [2.45, 2.75) is 0 Å². The van der Waals surface area contributed by atoms with E-state index in [4.69, 9.17) is 14.4 Å². The molecule has 0 spiro atoms. The van der Waals surface area contributed by atoms with Crippen LogP contribution in [-0.4, -0.2) is 9.97 Å². The number of furan rings is 1. The molecule has 0 amide bonds. The number of hydrogen-bond acceptors (Lipinski definition) is 3. The van der Waals surface area contributed by atoms with Gasteiger partial charge in [0.15, 0.2) is 5.82 Å². The largest absolute Gasteiger partial charge is 0.456 e. The highest BCUT2D eigenvalue weighted by Gasteiger charge is 2.18. The molecule has 0 aliphatic heterocycles. The van der Waals surface area contributed by atoms with E-state index < -0.39 is 0 Å². The van der Waals surface area contributed by atoms with Crippen molar-refractivity contribution in [3.63, 3.8) is 0 Å². The van der Waals surface area contributed by atoms with E-state index in [1.807, 2.05) is 36.4 Å². The van der Waals surface area contributed by atoms with Gasteiger partial charge in [0.2, 0.25) is 0 Å². The molecule has 0 N–H and O–H groups in total. The number of aromatic nitrogens is 2. The summed E-state index contributed by atoms with van der Waals surface area (Å²) in [6.45, 7) is 0. The van der Waals surface area contributed by atoms with Crippen LogP contribution in [0.1, 0.15) is 0 Å². The fraction of sp³-hybridized carbons (Fsp3) is 0. The third-order valence-electron chi connectivity index (χ3n) is 10.1. The van der Waals surface area contributed by atoms with Crippen molar-refractivity contribution in [2.24, 2.45) is 0 Å². The van der Waals surface area contributed by atoms with E-state index in [9.17, 15) is 0 Å². The quantitative estimate of drug-likeness (QED) is 0.176. The van der Waals surface area contributed by atoms with E-state index in [0.29, 0.717) is 5.82 Å². The molecule has 0 unspecified atom stereocenters. The third kappa shape index (κ3) is 5.75. The predicted octanol–water partition coefficient (Wildman–Crippen LogP) is 13.5. The molecule has 2 heterocycles. The van der Waals surface area contributed by atoms with Crippen molar-refractivity contribution in [1.29, 1.82) is 0 Å². The van der Waals surface area contributed by atoms with E-state index in [-0.39, 0.29) is 0 Å². The molecular weight excluding hydrogens is 645 g/mol. The Morgan fingerprint density at radius 1 is 0.321 bits per heavy atom. The van der Waals surface area contributed by atoms with Crippen molar-refractivity contribution in [3.8, 4) is 67.3 Å². The highest BCUT2D eigenvalue weighted by molar-refractivity contribution is 6.12. The van der Waals surface area contributed by atoms with Crippen LogP contribution in [0.15, 0.2) is 199 Å². The fourth-order valence-corrected chi connectivity index (χ4v) is 7.35. The molecule has 10 aromatic rings. The maximum absolute atomic E-state index is 6.54. The Morgan fingerprint density at radius 2 is 0.830 bits per heavy atom. The summed E-state index contributed by atoms with van der Waals surface area (Å²) in [4.78, 5) is 10.4. The first-order valence-corrected chi connectivity index (χ1v) is 17.9. The second-order valence-electron chi connectivity index (χ2n) is 13.4. The minimum atomic E-state index is 0.662. The summed E-state index contributed by atoms with van der Waals surface area (Å²) in [6.07, 6.45) is 0. The smallest absolute Gasteiger partial charge is 0.161 e. The van der Waals surface area contributed by atoms with E-state index in [0.717, 1.165) is 61.1 Å². The van der Waals surface area contributed by atoms with Gasteiger partial charge in [-0.3, -0.25) is 0 Å². The van der Waals surface area contributed by atoms with Crippen molar-refractivity contribution in [3.05, 3.63) is 194 Å². The molecule has 0 saturated carbocycles. The number of rotatable bonds is 6. The van der Waals surface area contributed by atoms with Gasteiger partial charge in [-0.05, 0) is 74.5 Å². The molecule has 248 valence electrons. The standard InChI is InChI=1S/C50H32N2O/c1-3-10-33(11-4-1)35-22-25-39(26-23-35)46-32-45(38-13-5-2-6-14-38)51-50(52-46)44-16-9-17-47-49(44)43-29-28-42(31-48(43)53-47)37-20-18-36(19-21-37)41-27-24-34-12-7-8-15-40(34)30-41/h1-32H. The molecule has 10 rings (SSSR count). The van der Waals surface area contributed by atoms with Gasteiger partial charge in [-0.2, -0.15) is 0 Å². The zero-order chi connectivity index (χ0) is 35.1. The molecule has 8 aromatic carbocycles. The molecular formula is C50H32N2O. The van der Waals surface area contributed by atoms with Gasteiger partial charge in [0, 0.05) is 27.5 Å². The Labute approximate surface area is 307 Å². The van der Waals surface area contributed by atoms with Crippen LogP contribution in [-0.2, 0) is 0 Å². The Hall–Kier alpha value is -7.10. The highest BCUT2D eigenvalue weighted by Crippen LogP contribution is 2.39. The number of hydrogen-bond donors (Lipinski definition) is 0. The van der Waals surface area contributed by atoms with E-state index >= 15 is 0 Å². The Kier molecular flexibility index (Phi) is 7.47. The van der Waals surface area contributed by atoms with Crippen molar-refractivity contribution in [1.82, 2.24) is 9.97 Å². The van der Waals surface area contributed by atoms with E-state index in [1.54, 1.807) is 0 Å². The van der Waals surface area contributed by atoms with Crippen molar-refractivity contribution >= 4 is 32.7 Å². The molecule has 0 bridgehead atoms. The molecule has 3 heteroatoms. The molecule has 3 nitrogen and oxygen atoms in total. The van der Waals surface area contributed by atoms with Gasteiger partial charge in [0.1, 0.15) is 11.2 Å². The average molecular weight is 677 g/mol. The summed E-state index contributed by atoms with van der Waals surface area (Å²) in [5.74, 6) is 0.662. The van der Waals surface area contributed by atoms with Crippen LogP contribution in [0.2, 0.25) is 0 Å². The highest BCUT2D eigenvalue weighted by atomic mass is 16.3. The number of nitrogens with zero attached hydrogens (tertiary/aromatic N) is 2. The first-order valence-electron chi connectivity index (χ1n) is 17.9. The van der Waals surface area contributed by atoms with Crippen LogP contribution >= 0.6 is 0 Å².